The average molecular weight is 334 g/mol. The van der Waals surface area contributed by atoms with Gasteiger partial charge in [-0.3, -0.25) is 0 Å². The van der Waals surface area contributed by atoms with E-state index in [0.717, 1.165) is 22.3 Å². The predicted octanol–water partition coefficient (Wildman–Crippen LogP) is 4.74. The summed E-state index contributed by atoms with van der Waals surface area (Å²) in [4.78, 5) is 11.4. The maximum atomic E-state index is 11.4. The monoisotopic (exact) mass is 334 g/mol. The molecule has 4 heteroatoms. The summed E-state index contributed by atoms with van der Waals surface area (Å²) in [5, 5.41) is 9.31. The third kappa shape index (κ3) is 3.19. The lowest BCUT2D eigenvalue weighted by atomic mass is 9.92. The minimum Gasteiger partial charge on any atom is -0.496 e. The van der Waals surface area contributed by atoms with Gasteiger partial charge in [0.1, 0.15) is 11.5 Å². The fourth-order valence-electron chi connectivity index (χ4n) is 2.87. The van der Waals surface area contributed by atoms with Crippen molar-refractivity contribution in [1.29, 1.82) is 0 Å². The zero-order valence-electron chi connectivity index (χ0n) is 14.0. The van der Waals surface area contributed by atoms with E-state index in [1.807, 2.05) is 54.6 Å². The lowest BCUT2D eigenvalue weighted by Crippen LogP contribution is -2.01. The van der Waals surface area contributed by atoms with Crippen LogP contribution in [0.5, 0.6) is 11.5 Å². The van der Waals surface area contributed by atoms with E-state index in [1.165, 1.54) is 26.4 Å². The van der Waals surface area contributed by atoms with Crippen molar-refractivity contribution in [3.05, 3.63) is 72.3 Å². The van der Waals surface area contributed by atoms with Crippen molar-refractivity contribution in [3.8, 4) is 33.8 Å². The van der Waals surface area contributed by atoms with Crippen molar-refractivity contribution >= 4 is 5.97 Å². The molecule has 3 aromatic rings. The molecular formula is C21H18O4. The second kappa shape index (κ2) is 7.09. The second-order valence-corrected chi connectivity index (χ2v) is 5.47. The Balaban J connectivity index is 2.29. The number of benzene rings is 3. The summed E-state index contributed by atoms with van der Waals surface area (Å²) < 4.78 is 11.0. The first-order valence-corrected chi connectivity index (χ1v) is 7.80. The quantitative estimate of drug-likeness (QED) is 0.732. The van der Waals surface area contributed by atoms with Crippen LogP contribution in [0.1, 0.15) is 10.4 Å². The molecule has 0 spiro atoms. The molecule has 0 heterocycles. The molecule has 4 nitrogen and oxygen atoms in total. The first-order valence-electron chi connectivity index (χ1n) is 7.80. The van der Waals surface area contributed by atoms with E-state index in [9.17, 15) is 9.90 Å². The molecule has 0 aliphatic heterocycles. The van der Waals surface area contributed by atoms with Crippen LogP contribution >= 0.6 is 0 Å². The Hall–Kier alpha value is -3.27. The highest BCUT2D eigenvalue weighted by Crippen LogP contribution is 2.43. The average Bonchev–Trinajstić information content (AvgIpc) is 2.67. The highest BCUT2D eigenvalue weighted by atomic mass is 16.5. The number of aromatic carboxylic acids is 1. The van der Waals surface area contributed by atoms with Crippen LogP contribution in [0.4, 0.5) is 0 Å². The molecule has 126 valence electrons. The third-order valence-electron chi connectivity index (χ3n) is 4.03. The number of hydrogen-bond acceptors (Lipinski definition) is 3. The summed E-state index contributed by atoms with van der Waals surface area (Å²) >= 11 is 0. The van der Waals surface area contributed by atoms with Crippen LogP contribution in [-0.2, 0) is 0 Å². The summed E-state index contributed by atoms with van der Waals surface area (Å²) in [5.74, 6) is -0.111. The Morgan fingerprint density at radius 3 is 1.84 bits per heavy atom. The Morgan fingerprint density at radius 1 is 0.800 bits per heavy atom. The molecular weight excluding hydrogens is 316 g/mol. The van der Waals surface area contributed by atoms with Crippen molar-refractivity contribution in [2.24, 2.45) is 0 Å². The van der Waals surface area contributed by atoms with Gasteiger partial charge in [0, 0.05) is 0 Å². The molecule has 3 rings (SSSR count). The molecule has 1 N–H and O–H groups in total. The maximum Gasteiger partial charge on any atom is 0.335 e. The minimum absolute atomic E-state index is 0.120. The van der Waals surface area contributed by atoms with Gasteiger partial charge in [-0.15, -0.1) is 0 Å². The molecule has 0 fully saturated rings. The summed E-state index contributed by atoms with van der Waals surface area (Å²) in [7, 11) is 3.05. The Bertz CT molecular complexity index is 876. The molecule has 0 saturated heterocycles. The van der Waals surface area contributed by atoms with Crippen LogP contribution in [0, 0.1) is 0 Å². The Morgan fingerprint density at radius 2 is 1.32 bits per heavy atom. The number of carboxylic acids is 1. The molecule has 25 heavy (non-hydrogen) atoms. The number of carboxylic acid groups (broad SMARTS) is 1. The van der Waals surface area contributed by atoms with Gasteiger partial charge in [0.05, 0.1) is 25.3 Å². The van der Waals surface area contributed by atoms with Crippen molar-refractivity contribution < 1.29 is 19.4 Å². The van der Waals surface area contributed by atoms with E-state index in [0.29, 0.717) is 11.5 Å². The van der Waals surface area contributed by atoms with Gasteiger partial charge >= 0.3 is 5.97 Å². The molecule has 0 saturated carbocycles. The van der Waals surface area contributed by atoms with E-state index in [1.54, 1.807) is 0 Å². The van der Waals surface area contributed by atoms with Crippen molar-refractivity contribution in [3.63, 3.8) is 0 Å². The highest BCUT2D eigenvalue weighted by molar-refractivity contribution is 5.94. The molecule has 0 aliphatic carbocycles. The second-order valence-electron chi connectivity index (χ2n) is 5.47. The van der Waals surface area contributed by atoms with Crippen LogP contribution < -0.4 is 9.47 Å². The summed E-state index contributed by atoms with van der Waals surface area (Å²) in [6, 6.07) is 20.9. The molecule has 0 radical (unpaired) electrons. The Labute approximate surface area is 146 Å². The predicted molar refractivity (Wildman–Crippen MR) is 97.4 cm³/mol. The summed E-state index contributed by atoms with van der Waals surface area (Å²) in [6.45, 7) is 0. The van der Waals surface area contributed by atoms with Gasteiger partial charge < -0.3 is 14.6 Å². The summed E-state index contributed by atoms with van der Waals surface area (Å²) in [6.07, 6.45) is 0. The van der Waals surface area contributed by atoms with Crippen LogP contribution in [0.3, 0.4) is 0 Å². The van der Waals surface area contributed by atoms with Gasteiger partial charge in [-0.25, -0.2) is 4.79 Å². The number of hydrogen-bond donors (Lipinski definition) is 1. The van der Waals surface area contributed by atoms with Gasteiger partial charge in [0.25, 0.3) is 0 Å². The van der Waals surface area contributed by atoms with Crippen LogP contribution in [0.25, 0.3) is 22.3 Å². The normalized spacial score (nSPS) is 10.3. The van der Waals surface area contributed by atoms with E-state index in [4.69, 9.17) is 9.47 Å². The number of carbonyl (C=O) groups is 1. The molecule has 0 aromatic heterocycles. The molecule has 0 aliphatic rings. The number of ether oxygens (including phenoxy) is 2. The molecule has 0 amide bonds. The zero-order valence-corrected chi connectivity index (χ0v) is 14.0. The van der Waals surface area contributed by atoms with E-state index in [-0.39, 0.29) is 5.56 Å². The third-order valence-corrected chi connectivity index (χ3v) is 4.03. The van der Waals surface area contributed by atoms with Crippen LogP contribution in [-0.4, -0.2) is 25.3 Å². The number of rotatable bonds is 5. The SMILES string of the molecule is COc1cc(C(=O)O)cc(OC)c1-c1ccccc1-c1ccccc1. The molecule has 0 atom stereocenters. The fraction of sp³-hybridized carbons (Fsp3) is 0.0952. The van der Waals surface area contributed by atoms with Gasteiger partial charge in [-0.1, -0.05) is 54.6 Å². The van der Waals surface area contributed by atoms with E-state index >= 15 is 0 Å². The van der Waals surface area contributed by atoms with Crippen molar-refractivity contribution in [2.45, 2.75) is 0 Å². The van der Waals surface area contributed by atoms with Gasteiger partial charge in [0.2, 0.25) is 0 Å². The van der Waals surface area contributed by atoms with Crippen LogP contribution in [0.2, 0.25) is 0 Å². The van der Waals surface area contributed by atoms with Gasteiger partial charge in [0.15, 0.2) is 0 Å². The largest absolute Gasteiger partial charge is 0.496 e. The fourth-order valence-corrected chi connectivity index (χ4v) is 2.87. The minimum atomic E-state index is -1.03. The lowest BCUT2D eigenvalue weighted by Gasteiger charge is -2.17. The standard InChI is InChI=1S/C21H18O4/c1-24-18-12-15(21(22)23)13-19(25-2)20(18)17-11-7-6-10-16(17)14-8-4-3-5-9-14/h3-13H,1-2H3,(H,22,23). The lowest BCUT2D eigenvalue weighted by molar-refractivity contribution is 0.0696. The maximum absolute atomic E-state index is 11.4. The van der Waals surface area contributed by atoms with E-state index in [2.05, 4.69) is 0 Å². The summed E-state index contributed by atoms with van der Waals surface area (Å²) in [5.41, 5.74) is 3.84. The molecule has 0 bridgehead atoms. The molecule has 3 aromatic carbocycles. The van der Waals surface area contributed by atoms with Crippen molar-refractivity contribution in [1.82, 2.24) is 0 Å². The first-order chi connectivity index (χ1) is 12.2. The van der Waals surface area contributed by atoms with Crippen molar-refractivity contribution in [2.75, 3.05) is 14.2 Å². The molecule has 0 unspecified atom stereocenters. The Kier molecular flexibility index (Phi) is 4.70. The first kappa shape index (κ1) is 16.6. The van der Waals surface area contributed by atoms with Gasteiger partial charge in [-0.2, -0.15) is 0 Å². The smallest absolute Gasteiger partial charge is 0.335 e. The topological polar surface area (TPSA) is 55.8 Å². The van der Waals surface area contributed by atoms with E-state index < -0.39 is 5.97 Å². The van der Waals surface area contributed by atoms with Crippen LogP contribution in [0.15, 0.2) is 66.7 Å². The zero-order chi connectivity index (χ0) is 17.8. The highest BCUT2D eigenvalue weighted by Gasteiger charge is 2.19. The number of methoxy groups -OCH3 is 2. The van der Waals surface area contributed by atoms with Gasteiger partial charge in [-0.05, 0) is 28.8 Å².